The van der Waals surface area contributed by atoms with Gasteiger partial charge >= 0.3 is 6.18 Å². The molecule has 0 aliphatic rings. The van der Waals surface area contributed by atoms with Gasteiger partial charge in [0.15, 0.2) is 0 Å². The highest BCUT2D eigenvalue weighted by Gasteiger charge is 2.30. The Hall–Kier alpha value is -2.11. The van der Waals surface area contributed by atoms with Crippen LogP contribution >= 0.6 is 0 Å². The maximum absolute atomic E-state index is 12.4. The minimum atomic E-state index is -4.35. The molecule has 1 aromatic heterocycles. The molecule has 0 aliphatic carbocycles. The first kappa shape index (κ1) is 13.3. The topological polar surface area (TPSA) is 51.8 Å². The second kappa shape index (κ2) is 4.87. The van der Waals surface area contributed by atoms with Crippen LogP contribution in [0.15, 0.2) is 30.3 Å². The van der Waals surface area contributed by atoms with Gasteiger partial charge in [-0.1, -0.05) is 30.3 Å². The highest BCUT2D eigenvalue weighted by atomic mass is 19.4. The molecule has 2 N–H and O–H groups in total. The van der Waals surface area contributed by atoms with Crippen LogP contribution in [-0.4, -0.2) is 16.1 Å². The summed E-state index contributed by atoms with van der Waals surface area (Å²) in [4.78, 5) is 7.67. The molecule has 0 saturated carbocycles. The molecule has 1 aromatic carbocycles. The summed E-state index contributed by atoms with van der Waals surface area (Å²) in [5, 5.41) is 0. The van der Waals surface area contributed by atoms with Crippen LogP contribution in [0.2, 0.25) is 0 Å². The number of nitrogens with two attached hydrogens (primary N) is 1. The summed E-state index contributed by atoms with van der Waals surface area (Å²) in [5.41, 5.74) is 7.40. The number of nitrogens with zero attached hydrogens (tertiary/aromatic N) is 2. The highest BCUT2D eigenvalue weighted by molar-refractivity contribution is 5.67. The highest BCUT2D eigenvalue weighted by Crippen LogP contribution is 2.26. The fourth-order valence-electron chi connectivity index (χ4n) is 1.72. The maximum Gasteiger partial charge on any atom is 0.396 e. The minimum absolute atomic E-state index is 0.0769. The Balaban J connectivity index is 2.49. The molecule has 0 atom stereocenters. The van der Waals surface area contributed by atoms with E-state index in [2.05, 4.69) is 9.97 Å². The molecule has 6 heteroatoms. The minimum Gasteiger partial charge on any atom is -0.383 e. The van der Waals surface area contributed by atoms with Crippen molar-refractivity contribution in [3.8, 4) is 11.3 Å². The van der Waals surface area contributed by atoms with E-state index in [0.29, 0.717) is 11.3 Å². The Kier molecular flexibility index (Phi) is 3.42. The first-order valence-electron chi connectivity index (χ1n) is 5.62. The Morgan fingerprint density at radius 2 is 1.74 bits per heavy atom. The Morgan fingerprint density at radius 3 is 2.32 bits per heavy atom. The van der Waals surface area contributed by atoms with E-state index >= 15 is 0 Å². The predicted molar refractivity (Wildman–Crippen MR) is 66.4 cm³/mol. The van der Waals surface area contributed by atoms with Crippen molar-refractivity contribution in [1.29, 1.82) is 0 Å². The van der Waals surface area contributed by atoms with Crippen molar-refractivity contribution in [2.75, 3.05) is 5.73 Å². The van der Waals surface area contributed by atoms with Gasteiger partial charge in [-0.2, -0.15) is 13.2 Å². The number of benzene rings is 1. The molecule has 0 unspecified atom stereocenters. The van der Waals surface area contributed by atoms with E-state index < -0.39 is 12.6 Å². The fraction of sp³-hybridized carbons (Fsp3) is 0.231. The molecule has 0 amide bonds. The van der Waals surface area contributed by atoms with Crippen LogP contribution in [0.1, 0.15) is 11.4 Å². The van der Waals surface area contributed by atoms with Crippen LogP contribution in [0.4, 0.5) is 19.0 Å². The Labute approximate surface area is 108 Å². The van der Waals surface area contributed by atoms with Crippen molar-refractivity contribution in [2.24, 2.45) is 0 Å². The van der Waals surface area contributed by atoms with Crippen molar-refractivity contribution in [1.82, 2.24) is 9.97 Å². The van der Waals surface area contributed by atoms with Gasteiger partial charge in [0.1, 0.15) is 18.1 Å². The summed E-state index contributed by atoms with van der Waals surface area (Å²) in [6.07, 6.45) is -5.53. The summed E-state index contributed by atoms with van der Waals surface area (Å²) in [6.45, 7) is 1.69. The SMILES string of the molecule is Cc1c(N)nc(CC(F)(F)F)nc1-c1ccccc1. The summed E-state index contributed by atoms with van der Waals surface area (Å²) in [5.74, 6) is -0.234. The fourth-order valence-corrected chi connectivity index (χ4v) is 1.72. The lowest BCUT2D eigenvalue weighted by atomic mass is 10.1. The monoisotopic (exact) mass is 267 g/mol. The number of rotatable bonds is 2. The summed E-state index contributed by atoms with van der Waals surface area (Å²) >= 11 is 0. The van der Waals surface area contributed by atoms with E-state index in [4.69, 9.17) is 5.73 Å². The number of anilines is 1. The largest absolute Gasteiger partial charge is 0.396 e. The normalized spacial score (nSPS) is 11.6. The van der Waals surface area contributed by atoms with Crippen molar-refractivity contribution >= 4 is 5.82 Å². The van der Waals surface area contributed by atoms with Gasteiger partial charge in [-0.25, -0.2) is 9.97 Å². The van der Waals surface area contributed by atoms with Crippen LogP contribution in [0.5, 0.6) is 0 Å². The zero-order valence-electron chi connectivity index (χ0n) is 10.2. The molecular formula is C13H12F3N3. The van der Waals surface area contributed by atoms with E-state index in [9.17, 15) is 13.2 Å². The van der Waals surface area contributed by atoms with Gasteiger partial charge < -0.3 is 5.73 Å². The zero-order valence-corrected chi connectivity index (χ0v) is 10.2. The van der Waals surface area contributed by atoms with Crippen LogP contribution in [0.3, 0.4) is 0 Å². The molecule has 0 spiro atoms. The second-order valence-electron chi connectivity index (χ2n) is 4.16. The number of aromatic nitrogens is 2. The van der Waals surface area contributed by atoms with Gasteiger partial charge in [0.05, 0.1) is 5.69 Å². The molecule has 2 aromatic rings. The molecule has 0 bridgehead atoms. The quantitative estimate of drug-likeness (QED) is 0.909. The van der Waals surface area contributed by atoms with Crippen molar-refractivity contribution < 1.29 is 13.2 Å². The Morgan fingerprint density at radius 1 is 1.11 bits per heavy atom. The molecule has 0 fully saturated rings. The van der Waals surface area contributed by atoms with E-state index in [0.717, 1.165) is 5.56 Å². The number of alkyl halides is 3. The van der Waals surface area contributed by atoms with Gasteiger partial charge in [-0.05, 0) is 6.92 Å². The van der Waals surface area contributed by atoms with E-state index in [-0.39, 0.29) is 11.6 Å². The number of halogens is 3. The van der Waals surface area contributed by atoms with Gasteiger partial charge in [-0.3, -0.25) is 0 Å². The number of hydrogen-bond donors (Lipinski definition) is 1. The van der Waals surface area contributed by atoms with Crippen LogP contribution in [0, 0.1) is 6.92 Å². The molecule has 100 valence electrons. The van der Waals surface area contributed by atoms with Gasteiger partial charge in [0.25, 0.3) is 0 Å². The second-order valence-corrected chi connectivity index (χ2v) is 4.16. The lowest BCUT2D eigenvalue weighted by Gasteiger charge is -2.11. The average molecular weight is 267 g/mol. The molecule has 2 rings (SSSR count). The van der Waals surface area contributed by atoms with Crippen molar-refractivity contribution in [3.63, 3.8) is 0 Å². The molecule has 0 aliphatic heterocycles. The molecule has 19 heavy (non-hydrogen) atoms. The first-order chi connectivity index (χ1) is 8.87. The third-order valence-electron chi connectivity index (χ3n) is 2.64. The van der Waals surface area contributed by atoms with Gasteiger partial charge in [-0.15, -0.1) is 0 Å². The van der Waals surface area contributed by atoms with E-state index in [1.54, 1.807) is 31.2 Å². The predicted octanol–water partition coefficient (Wildman–Crippen LogP) is 3.14. The number of hydrogen-bond acceptors (Lipinski definition) is 3. The Bertz CT molecular complexity index is 580. The van der Waals surface area contributed by atoms with E-state index in [1.807, 2.05) is 6.07 Å². The smallest absolute Gasteiger partial charge is 0.383 e. The summed E-state index contributed by atoms with van der Waals surface area (Å²) in [7, 11) is 0. The first-order valence-corrected chi connectivity index (χ1v) is 5.62. The lowest BCUT2D eigenvalue weighted by molar-refractivity contribution is -0.128. The third-order valence-corrected chi connectivity index (χ3v) is 2.64. The maximum atomic E-state index is 12.4. The van der Waals surface area contributed by atoms with Crippen molar-refractivity contribution in [2.45, 2.75) is 19.5 Å². The van der Waals surface area contributed by atoms with Crippen LogP contribution < -0.4 is 5.73 Å². The average Bonchev–Trinajstić information content (AvgIpc) is 2.33. The van der Waals surface area contributed by atoms with Gasteiger partial charge in [0, 0.05) is 11.1 Å². The summed E-state index contributed by atoms with van der Waals surface area (Å²) in [6, 6.07) is 8.94. The third kappa shape index (κ3) is 3.21. The van der Waals surface area contributed by atoms with Gasteiger partial charge in [0.2, 0.25) is 0 Å². The zero-order chi connectivity index (χ0) is 14.0. The standard InChI is InChI=1S/C13H12F3N3/c1-8-11(9-5-3-2-4-6-9)18-10(19-12(8)17)7-13(14,15)16/h2-6H,7H2,1H3,(H2,17,18,19). The van der Waals surface area contributed by atoms with Crippen molar-refractivity contribution in [3.05, 3.63) is 41.7 Å². The molecule has 3 nitrogen and oxygen atoms in total. The number of nitrogen functional groups attached to an aromatic ring is 1. The summed E-state index contributed by atoms with van der Waals surface area (Å²) < 4.78 is 37.2. The molecule has 0 saturated heterocycles. The van der Waals surface area contributed by atoms with Crippen LogP contribution in [0.25, 0.3) is 11.3 Å². The lowest BCUT2D eigenvalue weighted by Crippen LogP contribution is -2.16. The van der Waals surface area contributed by atoms with E-state index in [1.165, 1.54) is 0 Å². The molecule has 0 radical (unpaired) electrons. The molecule has 1 heterocycles. The molecular weight excluding hydrogens is 255 g/mol. The van der Waals surface area contributed by atoms with Crippen LogP contribution in [-0.2, 0) is 6.42 Å².